The molecule has 0 saturated carbocycles. The summed E-state index contributed by atoms with van der Waals surface area (Å²) >= 11 is 1.52. The first kappa shape index (κ1) is 33.9. The van der Waals surface area contributed by atoms with Crippen molar-refractivity contribution in [1.29, 1.82) is 0 Å². The number of nitrogens with zero attached hydrogens (tertiary/aromatic N) is 2. The summed E-state index contributed by atoms with van der Waals surface area (Å²) < 4.78 is 11.5. The summed E-state index contributed by atoms with van der Waals surface area (Å²) in [7, 11) is 0. The van der Waals surface area contributed by atoms with Crippen LogP contribution >= 0.6 is 11.8 Å². The highest BCUT2D eigenvalue weighted by Gasteiger charge is 2.18. The van der Waals surface area contributed by atoms with Gasteiger partial charge in [0.1, 0.15) is 0 Å². The highest BCUT2D eigenvalue weighted by molar-refractivity contribution is 7.98. The molecule has 6 rings (SSSR count). The average molecular weight is 681 g/mol. The monoisotopic (exact) mass is 680 g/mol. The van der Waals surface area contributed by atoms with Gasteiger partial charge in [-0.1, -0.05) is 18.2 Å². The Bertz CT molecular complexity index is 1810. The Kier molecular flexibility index (Phi) is 11.3. The lowest BCUT2D eigenvalue weighted by molar-refractivity contribution is -0.136. The minimum Gasteiger partial charge on any atom is -0.490 e. The Labute approximate surface area is 290 Å². The molecule has 0 aliphatic carbocycles. The number of carbonyl (C=O) groups excluding carboxylic acids is 2. The molecule has 4 aromatic rings. The molecule has 1 saturated heterocycles. The molecule has 0 unspecified atom stereocenters. The van der Waals surface area contributed by atoms with E-state index in [-0.39, 0.29) is 18.2 Å². The highest BCUT2D eigenvalue weighted by Crippen LogP contribution is 2.34. The number of aromatic nitrogens is 1. The number of aliphatic carboxylic acids is 1. The van der Waals surface area contributed by atoms with Crippen molar-refractivity contribution in [2.75, 3.05) is 42.3 Å². The molecule has 254 valence electrons. The van der Waals surface area contributed by atoms with E-state index >= 15 is 0 Å². The van der Waals surface area contributed by atoms with Gasteiger partial charge in [0.25, 0.3) is 11.8 Å². The average Bonchev–Trinajstić information content (AvgIpc) is 3.38. The first-order valence-electron chi connectivity index (χ1n) is 16.6. The van der Waals surface area contributed by atoms with Gasteiger partial charge in [0.15, 0.2) is 11.5 Å². The topological polar surface area (TPSA) is 130 Å². The van der Waals surface area contributed by atoms with Crippen LogP contribution in [0, 0.1) is 0 Å². The van der Waals surface area contributed by atoms with Crippen LogP contribution in [0.4, 0.5) is 11.4 Å². The third-order valence-corrected chi connectivity index (χ3v) is 9.48. The fourth-order valence-corrected chi connectivity index (χ4v) is 6.75. The number of fused-ring (bicyclic) bond motifs is 1. The number of anilines is 2. The van der Waals surface area contributed by atoms with Gasteiger partial charge < -0.3 is 30.1 Å². The van der Waals surface area contributed by atoms with E-state index in [1.807, 2.05) is 54.6 Å². The van der Waals surface area contributed by atoms with Crippen molar-refractivity contribution in [2.45, 2.75) is 44.4 Å². The fourth-order valence-electron chi connectivity index (χ4n) is 5.87. The summed E-state index contributed by atoms with van der Waals surface area (Å²) in [5, 5.41) is 15.0. The van der Waals surface area contributed by atoms with Crippen molar-refractivity contribution in [2.24, 2.45) is 0 Å². The number of benzene rings is 3. The lowest BCUT2D eigenvalue weighted by Gasteiger charge is -2.29. The van der Waals surface area contributed by atoms with Crippen LogP contribution in [0.1, 0.15) is 63.9 Å². The molecule has 2 aliphatic heterocycles. The lowest BCUT2D eigenvalue weighted by Crippen LogP contribution is -2.29. The maximum absolute atomic E-state index is 13.6. The molecule has 1 fully saturated rings. The summed E-state index contributed by atoms with van der Waals surface area (Å²) in [5.41, 5.74) is 5.70. The number of thioether (sulfide) groups is 1. The molecule has 3 aromatic carbocycles. The van der Waals surface area contributed by atoms with Gasteiger partial charge in [-0.05, 0) is 85.0 Å². The number of ether oxygens (including phenoxy) is 2. The Morgan fingerprint density at radius 2 is 1.63 bits per heavy atom. The number of hydrogen-bond acceptors (Lipinski definition) is 8. The van der Waals surface area contributed by atoms with Crippen molar-refractivity contribution >= 4 is 40.9 Å². The molecule has 0 radical (unpaired) electrons. The number of carboxylic acid groups (broad SMARTS) is 1. The molecule has 0 bridgehead atoms. The van der Waals surface area contributed by atoms with Crippen LogP contribution in [-0.2, 0) is 17.1 Å². The normalized spacial score (nSPS) is 14.1. The minimum atomic E-state index is -0.824. The number of rotatable bonds is 12. The van der Waals surface area contributed by atoms with Crippen molar-refractivity contribution in [3.8, 4) is 22.8 Å². The first-order chi connectivity index (χ1) is 23.9. The van der Waals surface area contributed by atoms with E-state index in [9.17, 15) is 14.4 Å². The zero-order valence-electron chi connectivity index (χ0n) is 27.3. The molecule has 0 atom stereocenters. The second-order valence-corrected chi connectivity index (χ2v) is 13.2. The molecule has 2 amide bonds. The molecule has 11 heteroatoms. The molecule has 10 nitrogen and oxygen atoms in total. The van der Waals surface area contributed by atoms with E-state index in [1.54, 1.807) is 24.4 Å². The largest absolute Gasteiger partial charge is 0.490 e. The van der Waals surface area contributed by atoms with Crippen molar-refractivity contribution in [3.05, 3.63) is 101 Å². The maximum Gasteiger partial charge on any atom is 0.304 e. The predicted molar refractivity (Wildman–Crippen MR) is 192 cm³/mol. The molecule has 3 N–H and O–H groups in total. The molecule has 3 heterocycles. The highest BCUT2D eigenvalue weighted by atomic mass is 32.2. The van der Waals surface area contributed by atoms with Crippen LogP contribution < -0.4 is 25.0 Å². The summed E-state index contributed by atoms with van der Waals surface area (Å²) in [5.74, 6) is 1.16. The van der Waals surface area contributed by atoms with Gasteiger partial charge >= 0.3 is 5.97 Å². The molecule has 1 aromatic heterocycles. The van der Waals surface area contributed by atoms with E-state index in [0.29, 0.717) is 70.8 Å². The second kappa shape index (κ2) is 16.4. The summed E-state index contributed by atoms with van der Waals surface area (Å²) in [6, 6.07) is 22.4. The third kappa shape index (κ3) is 9.11. The van der Waals surface area contributed by atoms with Gasteiger partial charge in [0, 0.05) is 66.1 Å². The molecule has 0 spiro atoms. The molecule has 2 aliphatic rings. The number of hydrogen-bond donors (Lipinski definition) is 3. The van der Waals surface area contributed by atoms with E-state index in [2.05, 4.69) is 20.5 Å². The minimum absolute atomic E-state index is 0.0951. The SMILES string of the molecule is O=C(O)CCSCc1cccc(C(=O)Nc2ccc(N3CCCCC3)cc2-c2cc(C(=O)NCc3ccc4c(c3)OCCCO4)ccn2)c1. The maximum atomic E-state index is 13.6. The number of amides is 2. The van der Waals surface area contributed by atoms with Gasteiger partial charge in [-0.15, -0.1) is 0 Å². The zero-order valence-corrected chi connectivity index (χ0v) is 28.1. The number of pyridine rings is 1. The Hall–Kier alpha value is -5.03. The van der Waals surface area contributed by atoms with Crippen molar-refractivity contribution in [1.82, 2.24) is 10.3 Å². The van der Waals surface area contributed by atoms with Crippen LogP contribution in [-0.4, -0.2) is 59.9 Å². The van der Waals surface area contributed by atoms with Gasteiger partial charge in [-0.25, -0.2) is 0 Å². The third-order valence-electron chi connectivity index (χ3n) is 8.45. The van der Waals surface area contributed by atoms with Gasteiger partial charge in [0.2, 0.25) is 0 Å². The predicted octanol–water partition coefficient (Wildman–Crippen LogP) is 6.79. The quantitative estimate of drug-likeness (QED) is 0.139. The standard InChI is InChI=1S/C38H40N4O6S/c43-36(44)13-19-49-25-27-6-4-7-28(20-27)38(46)41-32-10-9-30(42-15-2-1-3-16-42)23-31(32)33-22-29(12-14-39-33)37(45)40-24-26-8-11-34-35(21-26)48-18-5-17-47-34/h4,6-12,14,20-23H,1-3,5,13,15-19,24-25H2,(H,40,45)(H,41,46)(H,43,44). The fraction of sp³-hybridized carbons (Fsp3) is 0.316. The first-order valence-corrected chi connectivity index (χ1v) is 17.8. The van der Waals surface area contributed by atoms with E-state index in [1.165, 1.54) is 18.2 Å². The number of nitrogens with one attached hydrogen (secondary N) is 2. The summed E-state index contributed by atoms with van der Waals surface area (Å²) in [6.07, 6.45) is 5.98. The van der Waals surface area contributed by atoms with E-state index in [0.717, 1.165) is 49.2 Å². The van der Waals surface area contributed by atoms with Gasteiger partial charge in [-0.3, -0.25) is 19.4 Å². The second-order valence-electron chi connectivity index (χ2n) is 12.1. The Morgan fingerprint density at radius 3 is 2.47 bits per heavy atom. The molecular formula is C38H40N4O6S. The van der Waals surface area contributed by atoms with E-state index in [4.69, 9.17) is 14.6 Å². The van der Waals surface area contributed by atoms with Crippen LogP contribution in [0.2, 0.25) is 0 Å². The Balaban J connectivity index is 1.21. The molecule has 49 heavy (non-hydrogen) atoms. The summed E-state index contributed by atoms with van der Waals surface area (Å²) in [6.45, 7) is 3.43. The molecular weight excluding hydrogens is 641 g/mol. The van der Waals surface area contributed by atoms with Crippen LogP contribution in [0.5, 0.6) is 11.5 Å². The smallest absolute Gasteiger partial charge is 0.304 e. The zero-order chi connectivity index (χ0) is 34.0. The number of carbonyl (C=O) groups is 3. The van der Waals surface area contributed by atoms with Crippen molar-refractivity contribution in [3.63, 3.8) is 0 Å². The van der Waals surface area contributed by atoms with Gasteiger partial charge in [0.05, 0.1) is 31.0 Å². The summed E-state index contributed by atoms with van der Waals surface area (Å²) in [4.78, 5) is 44.7. The van der Waals surface area contributed by atoms with Crippen LogP contribution in [0.25, 0.3) is 11.3 Å². The van der Waals surface area contributed by atoms with Crippen LogP contribution in [0.15, 0.2) is 79.0 Å². The van der Waals surface area contributed by atoms with Crippen molar-refractivity contribution < 1.29 is 29.0 Å². The van der Waals surface area contributed by atoms with E-state index < -0.39 is 5.97 Å². The Morgan fingerprint density at radius 1 is 0.816 bits per heavy atom. The van der Waals surface area contributed by atoms with Gasteiger partial charge in [-0.2, -0.15) is 11.8 Å². The lowest BCUT2D eigenvalue weighted by atomic mass is 10.0. The number of piperidine rings is 1. The van der Waals surface area contributed by atoms with Crippen LogP contribution in [0.3, 0.4) is 0 Å². The number of carboxylic acids is 1.